The van der Waals surface area contributed by atoms with Crippen LogP contribution in [0.2, 0.25) is 0 Å². The molecule has 0 aliphatic rings. The highest BCUT2D eigenvalue weighted by molar-refractivity contribution is 6.03. The zero-order valence-electron chi connectivity index (χ0n) is 16.2. The fraction of sp³-hybridized carbons (Fsp3) is 0.143. The summed E-state index contributed by atoms with van der Waals surface area (Å²) < 4.78 is 9.97. The number of carbonyl (C=O) groups is 2. The van der Waals surface area contributed by atoms with Crippen molar-refractivity contribution in [3.8, 4) is 5.75 Å². The lowest BCUT2D eigenvalue weighted by Crippen LogP contribution is -2.15. The number of methoxy groups -OCH3 is 2. The number of aryl methyl sites for hydroxylation is 1. The van der Waals surface area contributed by atoms with Crippen molar-refractivity contribution in [3.05, 3.63) is 71.7 Å². The molecule has 3 rings (SSSR count). The Bertz CT molecular complexity index is 1040. The molecule has 2 aromatic carbocycles. The van der Waals surface area contributed by atoms with Gasteiger partial charge in [-0.15, -0.1) is 0 Å². The number of hydrogen-bond donors (Lipinski definition) is 2. The minimum atomic E-state index is -0.432. The summed E-state index contributed by atoms with van der Waals surface area (Å²) in [6, 6.07) is 12.3. The Morgan fingerprint density at radius 2 is 1.83 bits per heavy atom. The van der Waals surface area contributed by atoms with Crippen molar-refractivity contribution in [3.63, 3.8) is 0 Å². The van der Waals surface area contributed by atoms with E-state index < -0.39 is 11.9 Å². The Morgan fingerprint density at radius 3 is 2.52 bits per heavy atom. The molecule has 0 fully saturated rings. The Labute approximate surface area is 167 Å². The molecule has 2 N–H and O–H groups in total. The van der Waals surface area contributed by atoms with Crippen molar-refractivity contribution in [1.82, 2.24) is 9.97 Å². The van der Waals surface area contributed by atoms with Crippen LogP contribution < -0.4 is 15.4 Å². The molecule has 8 heteroatoms. The third-order valence-corrected chi connectivity index (χ3v) is 4.04. The summed E-state index contributed by atoms with van der Waals surface area (Å²) in [5.41, 5.74) is 2.75. The van der Waals surface area contributed by atoms with Crippen molar-refractivity contribution >= 4 is 29.1 Å². The van der Waals surface area contributed by atoms with Crippen LogP contribution in [0.1, 0.15) is 26.4 Å². The summed E-state index contributed by atoms with van der Waals surface area (Å²) >= 11 is 0. The van der Waals surface area contributed by atoms with Crippen LogP contribution in [0, 0.1) is 6.92 Å². The average Bonchev–Trinajstić information content (AvgIpc) is 2.74. The van der Waals surface area contributed by atoms with E-state index in [0.29, 0.717) is 28.5 Å². The van der Waals surface area contributed by atoms with Gasteiger partial charge >= 0.3 is 5.97 Å². The molecule has 1 aromatic heterocycles. The number of ether oxygens (including phenoxy) is 2. The molecular weight excluding hydrogens is 372 g/mol. The Kier molecular flexibility index (Phi) is 6.03. The first-order valence-corrected chi connectivity index (χ1v) is 8.73. The van der Waals surface area contributed by atoms with E-state index in [-0.39, 0.29) is 5.69 Å². The molecule has 29 heavy (non-hydrogen) atoms. The topological polar surface area (TPSA) is 102 Å². The second kappa shape index (κ2) is 8.83. The van der Waals surface area contributed by atoms with E-state index >= 15 is 0 Å². The first-order chi connectivity index (χ1) is 14.0. The number of hydrogen-bond acceptors (Lipinski definition) is 7. The molecule has 148 valence electrons. The minimum Gasteiger partial charge on any atom is -0.495 e. The highest BCUT2D eigenvalue weighted by Crippen LogP contribution is 2.25. The van der Waals surface area contributed by atoms with E-state index in [0.717, 1.165) is 5.56 Å². The Morgan fingerprint density at radius 1 is 1.00 bits per heavy atom. The largest absolute Gasteiger partial charge is 0.495 e. The maximum Gasteiger partial charge on any atom is 0.337 e. The number of amides is 1. The van der Waals surface area contributed by atoms with E-state index in [1.54, 1.807) is 30.3 Å². The van der Waals surface area contributed by atoms with Crippen molar-refractivity contribution in [1.29, 1.82) is 0 Å². The van der Waals surface area contributed by atoms with Crippen LogP contribution in [0.5, 0.6) is 5.75 Å². The van der Waals surface area contributed by atoms with Crippen LogP contribution in [0.15, 0.2) is 54.9 Å². The van der Waals surface area contributed by atoms with Gasteiger partial charge in [0.15, 0.2) is 0 Å². The molecule has 0 atom stereocenters. The van der Waals surface area contributed by atoms with Crippen LogP contribution in [0.3, 0.4) is 0 Å². The summed E-state index contributed by atoms with van der Waals surface area (Å²) in [7, 11) is 2.86. The summed E-state index contributed by atoms with van der Waals surface area (Å²) in [6.45, 7) is 1.92. The molecule has 0 saturated heterocycles. The van der Waals surface area contributed by atoms with E-state index in [2.05, 4.69) is 20.6 Å². The van der Waals surface area contributed by atoms with Gasteiger partial charge in [0.1, 0.15) is 17.3 Å². The van der Waals surface area contributed by atoms with Crippen molar-refractivity contribution < 1.29 is 19.1 Å². The molecule has 0 saturated carbocycles. The SMILES string of the molecule is COC(=O)c1cccc(Nc2cnc(C(=O)Nc3cc(C)ccc3OC)cn2)c1. The zero-order chi connectivity index (χ0) is 20.8. The van der Waals surface area contributed by atoms with Gasteiger partial charge in [-0.1, -0.05) is 12.1 Å². The fourth-order valence-electron chi connectivity index (χ4n) is 2.61. The Hall–Kier alpha value is -3.94. The van der Waals surface area contributed by atoms with Gasteiger partial charge in [0.2, 0.25) is 0 Å². The molecule has 0 aliphatic heterocycles. The Balaban J connectivity index is 1.71. The summed E-state index contributed by atoms with van der Waals surface area (Å²) in [5, 5.41) is 5.81. The predicted octanol–water partition coefficient (Wildman–Crippen LogP) is 3.58. The van der Waals surface area contributed by atoms with Gasteiger partial charge in [-0.3, -0.25) is 4.79 Å². The van der Waals surface area contributed by atoms with Gasteiger partial charge in [0.05, 0.1) is 37.9 Å². The molecule has 0 spiro atoms. The van der Waals surface area contributed by atoms with Crippen LogP contribution in [0.4, 0.5) is 17.2 Å². The van der Waals surface area contributed by atoms with E-state index in [9.17, 15) is 9.59 Å². The molecule has 1 heterocycles. The molecule has 0 unspecified atom stereocenters. The zero-order valence-corrected chi connectivity index (χ0v) is 16.2. The van der Waals surface area contributed by atoms with Crippen molar-refractivity contribution in [2.24, 2.45) is 0 Å². The first kappa shape index (κ1) is 19.8. The number of anilines is 3. The lowest BCUT2D eigenvalue weighted by atomic mass is 10.2. The van der Waals surface area contributed by atoms with Crippen LogP contribution >= 0.6 is 0 Å². The van der Waals surface area contributed by atoms with Crippen LogP contribution in [-0.2, 0) is 4.74 Å². The molecule has 8 nitrogen and oxygen atoms in total. The second-order valence-electron chi connectivity index (χ2n) is 6.14. The molecule has 0 radical (unpaired) electrons. The van der Waals surface area contributed by atoms with Gasteiger partial charge < -0.3 is 20.1 Å². The van der Waals surface area contributed by atoms with E-state index in [1.165, 1.54) is 26.6 Å². The third kappa shape index (κ3) is 4.86. The summed E-state index contributed by atoms with van der Waals surface area (Å²) in [4.78, 5) is 32.5. The van der Waals surface area contributed by atoms with Crippen LogP contribution in [0.25, 0.3) is 0 Å². The van der Waals surface area contributed by atoms with Crippen molar-refractivity contribution in [2.45, 2.75) is 6.92 Å². The fourth-order valence-corrected chi connectivity index (χ4v) is 2.61. The molecule has 3 aromatic rings. The highest BCUT2D eigenvalue weighted by Gasteiger charge is 2.12. The quantitative estimate of drug-likeness (QED) is 0.618. The van der Waals surface area contributed by atoms with Gasteiger partial charge in [-0.05, 0) is 42.8 Å². The maximum atomic E-state index is 12.5. The van der Waals surface area contributed by atoms with Crippen molar-refractivity contribution in [2.75, 3.05) is 24.9 Å². The smallest absolute Gasteiger partial charge is 0.337 e. The van der Waals surface area contributed by atoms with E-state index in [4.69, 9.17) is 9.47 Å². The molecule has 0 bridgehead atoms. The number of esters is 1. The number of carbonyl (C=O) groups excluding carboxylic acids is 2. The maximum absolute atomic E-state index is 12.5. The van der Waals surface area contributed by atoms with Gasteiger partial charge in [0.25, 0.3) is 5.91 Å². The first-order valence-electron chi connectivity index (χ1n) is 8.73. The van der Waals surface area contributed by atoms with Gasteiger partial charge in [-0.2, -0.15) is 0 Å². The lowest BCUT2D eigenvalue weighted by molar-refractivity contribution is 0.0600. The predicted molar refractivity (Wildman–Crippen MR) is 109 cm³/mol. The monoisotopic (exact) mass is 392 g/mol. The minimum absolute atomic E-state index is 0.155. The molecule has 0 aliphatic carbocycles. The second-order valence-corrected chi connectivity index (χ2v) is 6.14. The van der Waals surface area contributed by atoms with E-state index in [1.807, 2.05) is 19.1 Å². The summed E-state index contributed by atoms with van der Waals surface area (Å²) in [5.74, 6) is 0.149. The number of rotatable bonds is 6. The normalized spacial score (nSPS) is 10.2. The number of nitrogens with one attached hydrogen (secondary N) is 2. The number of aromatic nitrogens is 2. The average molecular weight is 392 g/mol. The third-order valence-electron chi connectivity index (χ3n) is 4.04. The van der Waals surface area contributed by atoms with Crippen LogP contribution in [-0.4, -0.2) is 36.1 Å². The van der Waals surface area contributed by atoms with Gasteiger partial charge in [0, 0.05) is 5.69 Å². The molecule has 1 amide bonds. The summed E-state index contributed by atoms with van der Waals surface area (Å²) in [6.07, 6.45) is 2.80. The molecular formula is C21H20N4O4. The lowest BCUT2D eigenvalue weighted by Gasteiger charge is -2.11. The standard InChI is InChI=1S/C21H20N4O4/c1-13-7-8-18(28-2)16(9-13)25-20(26)17-11-23-19(12-22-17)24-15-6-4-5-14(10-15)21(27)29-3/h4-12H,1-3H3,(H,23,24)(H,25,26). The number of benzene rings is 2. The number of nitrogens with zero attached hydrogens (tertiary/aromatic N) is 2. The van der Waals surface area contributed by atoms with Gasteiger partial charge in [-0.25, -0.2) is 14.8 Å². The highest BCUT2D eigenvalue weighted by atomic mass is 16.5.